The third-order valence-electron chi connectivity index (χ3n) is 5.29. The molecule has 9 heteroatoms. The number of nitrogens with one attached hydrogen (secondary N) is 1. The van der Waals surface area contributed by atoms with Gasteiger partial charge in [0.25, 0.3) is 0 Å². The molecule has 1 N–H and O–H groups in total. The first-order valence-corrected chi connectivity index (χ1v) is 13.1. The smallest absolute Gasteiger partial charge is 0.408 e. The molecule has 1 aromatic heterocycles. The molecule has 0 radical (unpaired) electrons. The van der Waals surface area contributed by atoms with Gasteiger partial charge in [0.05, 0.1) is 5.02 Å². The molecule has 0 saturated carbocycles. The van der Waals surface area contributed by atoms with Crippen molar-refractivity contribution >= 4 is 46.4 Å². The second-order valence-corrected chi connectivity index (χ2v) is 9.33. The quantitative estimate of drug-likeness (QED) is 0.197. The summed E-state index contributed by atoms with van der Waals surface area (Å²) in [5.74, 6) is -0.0326. The number of fused-ring (bicyclic) bond motifs is 1. The van der Waals surface area contributed by atoms with Crippen molar-refractivity contribution in [1.29, 1.82) is 0 Å². The predicted molar refractivity (Wildman–Crippen MR) is 138 cm³/mol. The summed E-state index contributed by atoms with van der Waals surface area (Å²) in [6.07, 6.45) is 4.10. The van der Waals surface area contributed by atoms with Crippen molar-refractivity contribution in [2.75, 3.05) is 12.0 Å². The van der Waals surface area contributed by atoms with Crippen molar-refractivity contribution in [2.45, 2.75) is 45.3 Å². The normalized spacial score (nSPS) is 11.7. The number of ether oxygens (including phenoxy) is 2. The number of amides is 1. The van der Waals surface area contributed by atoms with E-state index < -0.39 is 23.7 Å². The van der Waals surface area contributed by atoms with Crippen LogP contribution in [0.4, 0.5) is 4.79 Å². The van der Waals surface area contributed by atoms with E-state index in [9.17, 15) is 14.4 Å². The Balaban J connectivity index is 1.74. The second kappa shape index (κ2) is 13.2. The van der Waals surface area contributed by atoms with E-state index in [0.29, 0.717) is 24.0 Å². The van der Waals surface area contributed by atoms with Gasteiger partial charge in [-0.05, 0) is 48.5 Å². The van der Waals surface area contributed by atoms with E-state index in [1.165, 1.54) is 23.9 Å². The minimum Gasteiger partial charge on any atom is -0.445 e. The minimum absolute atomic E-state index is 0.0496. The van der Waals surface area contributed by atoms with Gasteiger partial charge in [-0.1, -0.05) is 55.3 Å². The second-order valence-electron chi connectivity index (χ2n) is 7.93. The summed E-state index contributed by atoms with van der Waals surface area (Å²) in [5.41, 5.74) is 1.46. The Morgan fingerprint density at radius 1 is 1.17 bits per heavy atom. The van der Waals surface area contributed by atoms with Crippen LogP contribution in [0.1, 0.15) is 37.3 Å². The highest BCUT2D eigenvalue weighted by Gasteiger charge is 2.25. The molecule has 1 amide bonds. The number of alkyl carbamates (subject to hydrolysis) is 1. The molecule has 1 heterocycles. The van der Waals surface area contributed by atoms with Gasteiger partial charge in [0.15, 0.2) is 5.75 Å². The fraction of sp³-hybridized carbons (Fsp3) is 0.346. The zero-order chi connectivity index (χ0) is 25.2. The Hall–Kier alpha value is -2.97. The molecular weight excluding hydrogens is 490 g/mol. The molecule has 0 aliphatic carbocycles. The molecule has 3 rings (SSSR count). The van der Waals surface area contributed by atoms with E-state index >= 15 is 0 Å². The number of thioether (sulfide) groups is 1. The summed E-state index contributed by atoms with van der Waals surface area (Å²) in [5, 5.41) is 3.47. The van der Waals surface area contributed by atoms with Crippen LogP contribution >= 0.6 is 23.4 Å². The molecule has 0 bridgehead atoms. The summed E-state index contributed by atoms with van der Waals surface area (Å²) in [7, 11) is 0. The summed E-state index contributed by atoms with van der Waals surface area (Å²) < 4.78 is 16.1. The number of carbonyl (C=O) groups is 2. The van der Waals surface area contributed by atoms with Crippen molar-refractivity contribution < 1.29 is 23.5 Å². The highest BCUT2D eigenvalue weighted by atomic mass is 35.5. The molecule has 0 aliphatic heterocycles. The predicted octanol–water partition coefficient (Wildman–Crippen LogP) is 5.74. The van der Waals surface area contributed by atoms with E-state index in [1.807, 2.05) is 36.6 Å². The molecule has 186 valence electrons. The average Bonchev–Trinajstić information content (AvgIpc) is 2.85. The molecule has 3 aromatic rings. The Bertz CT molecular complexity index is 1210. The number of esters is 1. The van der Waals surface area contributed by atoms with Crippen molar-refractivity contribution in [2.24, 2.45) is 0 Å². The maximum absolute atomic E-state index is 12.9. The summed E-state index contributed by atoms with van der Waals surface area (Å²) in [4.78, 5) is 37.3. The zero-order valence-electron chi connectivity index (χ0n) is 19.7. The van der Waals surface area contributed by atoms with Crippen LogP contribution in [0.2, 0.25) is 5.02 Å². The molecular formula is C26H28ClNO6S. The van der Waals surface area contributed by atoms with Crippen molar-refractivity contribution in [3.8, 4) is 5.75 Å². The number of unbranched alkanes of at least 4 members (excludes halogenated alkanes) is 1. The van der Waals surface area contributed by atoms with E-state index in [0.717, 1.165) is 24.0 Å². The number of benzene rings is 2. The van der Waals surface area contributed by atoms with Crippen LogP contribution in [0, 0.1) is 0 Å². The summed E-state index contributed by atoms with van der Waals surface area (Å²) in [6, 6.07) is 12.8. The highest BCUT2D eigenvalue weighted by Crippen LogP contribution is 2.32. The van der Waals surface area contributed by atoms with Crippen LogP contribution in [0.15, 0.2) is 57.7 Å². The van der Waals surface area contributed by atoms with Gasteiger partial charge in [0.2, 0.25) is 0 Å². The Labute approximate surface area is 213 Å². The molecule has 0 fully saturated rings. The third-order valence-corrected chi connectivity index (χ3v) is 6.23. The van der Waals surface area contributed by atoms with Gasteiger partial charge in [-0.25, -0.2) is 14.4 Å². The first-order chi connectivity index (χ1) is 16.9. The Kier molecular flexibility index (Phi) is 10.0. The molecule has 7 nitrogen and oxygen atoms in total. The number of halogens is 1. The molecule has 0 spiro atoms. The number of aryl methyl sites for hydroxylation is 1. The van der Waals surface area contributed by atoms with Crippen LogP contribution in [-0.4, -0.2) is 30.1 Å². The van der Waals surface area contributed by atoms with Gasteiger partial charge < -0.3 is 19.2 Å². The Morgan fingerprint density at radius 3 is 2.66 bits per heavy atom. The first-order valence-electron chi connectivity index (χ1n) is 11.4. The van der Waals surface area contributed by atoms with Crippen molar-refractivity contribution in [3.63, 3.8) is 0 Å². The van der Waals surface area contributed by atoms with Gasteiger partial charge in [-0.3, -0.25) is 0 Å². The van der Waals surface area contributed by atoms with Crippen LogP contribution in [0.25, 0.3) is 11.0 Å². The molecule has 2 aromatic carbocycles. The summed E-state index contributed by atoms with van der Waals surface area (Å²) >= 11 is 7.94. The van der Waals surface area contributed by atoms with Gasteiger partial charge >= 0.3 is 17.7 Å². The van der Waals surface area contributed by atoms with Gasteiger partial charge in [-0.15, -0.1) is 0 Å². The van der Waals surface area contributed by atoms with Crippen molar-refractivity contribution in [3.05, 3.63) is 75.1 Å². The standard InChI is InChI=1S/C26H28ClNO6S/c1-3-4-10-18-13-24(29)33-22-15-23(20(27)14-19(18)22)34-25(30)21(11-12-35-2)28-26(31)32-16-17-8-6-5-7-9-17/h5-9,13-15,21H,3-4,10-12,16H2,1-2H3,(H,28,31)/t21-/m0/s1. The van der Waals surface area contributed by atoms with Crippen LogP contribution < -0.4 is 15.7 Å². The Morgan fingerprint density at radius 2 is 1.94 bits per heavy atom. The fourth-order valence-corrected chi connectivity index (χ4v) is 4.13. The molecule has 35 heavy (non-hydrogen) atoms. The van der Waals surface area contributed by atoms with Crippen molar-refractivity contribution in [1.82, 2.24) is 5.32 Å². The van der Waals surface area contributed by atoms with E-state index in [1.54, 1.807) is 6.07 Å². The summed E-state index contributed by atoms with van der Waals surface area (Å²) in [6.45, 7) is 2.14. The fourth-order valence-electron chi connectivity index (χ4n) is 3.45. The van der Waals surface area contributed by atoms with Crippen LogP contribution in [0.5, 0.6) is 5.75 Å². The van der Waals surface area contributed by atoms with Crippen LogP contribution in [0.3, 0.4) is 0 Å². The zero-order valence-corrected chi connectivity index (χ0v) is 21.2. The van der Waals surface area contributed by atoms with Gasteiger partial charge in [0.1, 0.15) is 18.2 Å². The molecule has 0 saturated heterocycles. The van der Waals surface area contributed by atoms with E-state index in [2.05, 4.69) is 12.2 Å². The third kappa shape index (κ3) is 7.77. The number of rotatable bonds is 11. The first kappa shape index (κ1) is 26.6. The monoisotopic (exact) mass is 517 g/mol. The van der Waals surface area contributed by atoms with Gasteiger partial charge in [-0.2, -0.15) is 11.8 Å². The lowest BCUT2D eigenvalue weighted by Crippen LogP contribution is -2.43. The maximum atomic E-state index is 12.9. The molecule has 1 atom stereocenters. The highest BCUT2D eigenvalue weighted by molar-refractivity contribution is 7.98. The number of hydrogen-bond donors (Lipinski definition) is 1. The topological polar surface area (TPSA) is 94.8 Å². The average molecular weight is 518 g/mol. The number of carbonyl (C=O) groups excluding carboxylic acids is 2. The van der Waals surface area contributed by atoms with E-state index in [4.69, 9.17) is 25.5 Å². The molecule has 0 aliphatic rings. The maximum Gasteiger partial charge on any atom is 0.408 e. The lowest BCUT2D eigenvalue weighted by molar-refractivity contribution is -0.136. The largest absolute Gasteiger partial charge is 0.445 e. The molecule has 0 unspecified atom stereocenters. The van der Waals surface area contributed by atoms with E-state index in [-0.39, 0.29) is 23.0 Å². The minimum atomic E-state index is -0.944. The number of hydrogen-bond acceptors (Lipinski definition) is 7. The SMILES string of the molecule is CCCCc1cc(=O)oc2cc(OC(=O)[C@H](CCSC)NC(=O)OCc3ccccc3)c(Cl)cc12. The lowest BCUT2D eigenvalue weighted by Gasteiger charge is -2.18. The lowest BCUT2D eigenvalue weighted by atomic mass is 10.0. The van der Waals surface area contributed by atoms with Crippen LogP contribution in [-0.2, 0) is 22.6 Å². The van der Waals surface area contributed by atoms with Gasteiger partial charge in [0, 0.05) is 17.5 Å².